The maximum absolute atomic E-state index is 8.87. The van der Waals surface area contributed by atoms with Gasteiger partial charge in [-0.2, -0.15) is 5.26 Å². The van der Waals surface area contributed by atoms with E-state index in [9.17, 15) is 0 Å². The molecule has 2 atom stereocenters. The van der Waals surface area contributed by atoms with Gasteiger partial charge in [-0.3, -0.25) is 0 Å². The number of rotatable bonds is 4. The average molecular weight is 218 g/mol. The first kappa shape index (κ1) is 12.5. The summed E-state index contributed by atoms with van der Waals surface area (Å²) in [4.78, 5) is 0. The second kappa shape index (κ2) is 5.53. The smallest absolute Gasteiger partial charge is 0.184 e. The summed E-state index contributed by atoms with van der Waals surface area (Å²) < 4.78 is 5.62. The summed E-state index contributed by atoms with van der Waals surface area (Å²) in [5.41, 5.74) is 7.97. The van der Waals surface area contributed by atoms with Crippen LogP contribution in [0.5, 0.6) is 5.75 Å². The molecular formula is C13H18N2O. The van der Waals surface area contributed by atoms with Gasteiger partial charge in [-0.25, -0.2) is 0 Å². The van der Waals surface area contributed by atoms with E-state index in [1.807, 2.05) is 39.0 Å². The van der Waals surface area contributed by atoms with Crippen molar-refractivity contribution in [2.75, 3.05) is 0 Å². The van der Waals surface area contributed by atoms with Crippen LogP contribution in [-0.4, -0.2) is 6.10 Å². The number of aryl methyl sites for hydroxylation is 1. The predicted molar refractivity (Wildman–Crippen MR) is 64.1 cm³/mol. The number of hydrogen-bond acceptors (Lipinski definition) is 3. The summed E-state index contributed by atoms with van der Waals surface area (Å²) in [7, 11) is 0. The summed E-state index contributed by atoms with van der Waals surface area (Å²) in [5, 5.41) is 8.87. The standard InChI is InChI=1S/C13H18N2O/c1-4-11(8-14)16-13-6-5-9(2)7-12(13)10(3)15/h5-7,10-11H,4,15H2,1-3H3. The van der Waals surface area contributed by atoms with Gasteiger partial charge < -0.3 is 10.5 Å². The highest BCUT2D eigenvalue weighted by molar-refractivity contribution is 5.39. The van der Waals surface area contributed by atoms with Gasteiger partial charge >= 0.3 is 0 Å². The number of benzene rings is 1. The van der Waals surface area contributed by atoms with Crippen LogP contribution in [0.2, 0.25) is 0 Å². The number of nitrogens with two attached hydrogens (primary N) is 1. The average Bonchev–Trinajstić information content (AvgIpc) is 2.27. The number of nitriles is 1. The summed E-state index contributed by atoms with van der Waals surface area (Å²) >= 11 is 0. The SMILES string of the molecule is CCC(C#N)Oc1ccc(C)cc1C(C)N. The van der Waals surface area contributed by atoms with E-state index in [0.717, 1.165) is 11.1 Å². The van der Waals surface area contributed by atoms with Gasteiger partial charge in [0.1, 0.15) is 11.8 Å². The largest absolute Gasteiger partial charge is 0.475 e. The van der Waals surface area contributed by atoms with Crippen molar-refractivity contribution >= 4 is 0 Å². The third-order valence-electron chi connectivity index (χ3n) is 2.44. The minimum Gasteiger partial charge on any atom is -0.475 e. The van der Waals surface area contributed by atoms with E-state index < -0.39 is 6.10 Å². The molecule has 0 radical (unpaired) electrons. The molecule has 0 aromatic heterocycles. The minimum absolute atomic E-state index is 0.0916. The maximum Gasteiger partial charge on any atom is 0.184 e. The van der Waals surface area contributed by atoms with Crippen molar-refractivity contribution in [2.24, 2.45) is 5.73 Å². The zero-order valence-corrected chi connectivity index (χ0v) is 10.0. The molecular weight excluding hydrogens is 200 g/mol. The summed E-state index contributed by atoms with van der Waals surface area (Å²) in [5.74, 6) is 0.717. The fourth-order valence-electron chi connectivity index (χ4n) is 1.49. The van der Waals surface area contributed by atoms with Crippen molar-refractivity contribution in [2.45, 2.75) is 39.3 Å². The van der Waals surface area contributed by atoms with Crippen molar-refractivity contribution in [1.82, 2.24) is 0 Å². The van der Waals surface area contributed by atoms with Crippen LogP contribution in [0.25, 0.3) is 0 Å². The topological polar surface area (TPSA) is 59.0 Å². The second-order valence-corrected chi connectivity index (χ2v) is 3.97. The molecule has 0 spiro atoms. The lowest BCUT2D eigenvalue weighted by Crippen LogP contribution is -2.15. The van der Waals surface area contributed by atoms with E-state index in [-0.39, 0.29) is 6.04 Å². The van der Waals surface area contributed by atoms with E-state index in [1.165, 1.54) is 0 Å². The Labute approximate surface area is 96.8 Å². The molecule has 0 aliphatic heterocycles. The Hall–Kier alpha value is -1.53. The Balaban J connectivity index is 3.00. The Morgan fingerprint density at radius 2 is 2.19 bits per heavy atom. The van der Waals surface area contributed by atoms with Crippen LogP contribution in [0.3, 0.4) is 0 Å². The molecule has 0 amide bonds. The normalized spacial score (nSPS) is 13.9. The van der Waals surface area contributed by atoms with E-state index in [1.54, 1.807) is 0 Å². The van der Waals surface area contributed by atoms with E-state index in [2.05, 4.69) is 6.07 Å². The first-order chi connectivity index (χ1) is 7.58. The lowest BCUT2D eigenvalue weighted by Gasteiger charge is -2.17. The van der Waals surface area contributed by atoms with E-state index in [0.29, 0.717) is 12.2 Å². The number of hydrogen-bond donors (Lipinski definition) is 1. The van der Waals surface area contributed by atoms with Crippen LogP contribution in [0.1, 0.15) is 37.4 Å². The highest BCUT2D eigenvalue weighted by Crippen LogP contribution is 2.26. The second-order valence-electron chi connectivity index (χ2n) is 3.97. The minimum atomic E-state index is -0.403. The molecule has 16 heavy (non-hydrogen) atoms. The summed E-state index contributed by atoms with van der Waals surface area (Å²) in [6.07, 6.45) is 0.267. The Bertz CT molecular complexity index is 393. The van der Waals surface area contributed by atoms with Crippen LogP contribution in [0.15, 0.2) is 18.2 Å². The quantitative estimate of drug-likeness (QED) is 0.845. The third kappa shape index (κ3) is 2.98. The van der Waals surface area contributed by atoms with Gasteiger partial charge in [0.2, 0.25) is 0 Å². The molecule has 3 heteroatoms. The molecule has 0 saturated heterocycles. The first-order valence-corrected chi connectivity index (χ1v) is 5.50. The van der Waals surface area contributed by atoms with Crippen molar-refractivity contribution in [3.63, 3.8) is 0 Å². The summed E-state index contributed by atoms with van der Waals surface area (Å²) in [6.45, 7) is 5.85. The fourth-order valence-corrected chi connectivity index (χ4v) is 1.49. The molecule has 2 unspecified atom stereocenters. The van der Waals surface area contributed by atoms with Crippen LogP contribution in [-0.2, 0) is 0 Å². The Kier molecular flexibility index (Phi) is 4.33. The molecule has 86 valence electrons. The fraction of sp³-hybridized carbons (Fsp3) is 0.462. The molecule has 2 N–H and O–H groups in total. The molecule has 1 aromatic carbocycles. The zero-order valence-electron chi connectivity index (χ0n) is 10.0. The van der Waals surface area contributed by atoms with Gasteiger partial charge in [-0.15, -0.1) is 0 Å². The number of ether oxygens (including phenoxy) is 1. The molecule has 0 heterocycles. The highest BCUT2D eigenvalue weighted by atomic mass is 16.5. The Morgan fingerprint density at radius 3 is 2.69 bits per heavy atom. The van der Waals surface area contributed by atoms with Gasteiger partial charge in [0.05, 0.1) is 0 Å². The Morgan fingerprint density at radius 1 is 1.50 bits per heavy atom. The predicted octanol–water partition coefficient (Wildman–Crippen LogP) is 2.70. The van der Waals surface area contributed by atoms with Crippen molar-refractivity contribution in [1.29, 1.82) is 5.26 Å². The maximum atomic E-state index is 8.87. The molecule has 0 aliphatic carbocycles. The van der Waals surface area contributed by atoms with Crippen LogP contribution in [0, 0.1) is 18.3 Å². The molecule has 1 rings (SSSR count). The van der Waals surface area contributed by atoms with E-state index >= 15 is 0 Å². The molecule has 3 nitrogen and oxygen atoms in total. The van der Waals surface area contributed by atoms with Gasteiger partial charge in [-0.05, 0) is 26.3 Å². The molecule has 1 aromatic rings. The van der Waals surface area contributed by atoms with Crippen LogP contribution in [0.4, 0.5) is 0 Å². The first-order valence-electron chi connectivity index (χ1n) is 5.50. The van der Waals surface area contributed by atoms with Crippen molar-refractivity contribution < 1.29 is 4.74 Å². The van der Waals surface area contributed by atoms with Gasteiger partial charge in [0.25, 0.3) is 0 Å². The molecule has 0 bridgehead atoms. The molecule has 0 aliphatic rings. The van der Waals surface area contributed by atoms with Gasteiger partial charge in [0.15, 0.2) is 6.10 Å². The van der Waals surface area contributed by atoms with Gasteiger partial charge in [-0.1, -0.05) is 24.6 Å². The summed E-state index contributed by atoms with van der Waals surface area (Å²) in [6, 6.07) is 7.88. The van der Waals surface area contributed by atoms with Crippen LogP contribution < -0.4 is 10.5 Å². The lowest BCUT2D eigenvalue weighted by atomic mass is 10.0. The molecule has 0 fully saturated rings. The van der Waals surface area contributed by atoms with Crippen LogP contribution >= 0.6 is 0 Å². The monoisotopic (exact) mass is 218 g/mol. The third-order valence-corrected chi connectivity index (χ3v) is 2.44. The van der Waals surface area contributed by atoms with Crippen molar-refractivity contribution in [3.05, 3.63) is 29.3 Å². The lowest BCUT2D eigenvalue weighted by molar-refractivity contribution is 0.248. The molecule has 0 saturated carbocycles. The number of nitrogens with zero attached hydrogens (tertiary/aromatic N) is 1. The van der Waals surface area contributed by atoms with Gasteiger partial charge in [0, 0.05) is 11.6 Å². The van der Waals surface area contributed by atoms with E-state index in [4.69, 9.17) is 15.7 Å². The highest BCUT2D eigenvalue weighted by Gasteiger charge is 2.12. The van der Waals surface area contributed by atoms with Crippen molar-refractivity contribution in [3.8, 4) is 11.8 Å². The zero-order chi connectivity index (χ0) is 12.1.